The van der Waals surface area contributed by atoms with Crippen molar-refractivity contribution < 1.29 is 14.6 Å². The Morgan fingerprint density at radius 1 is 1.22 bits per heavy atom. The van der Waals surface area contributed by atoms with Gasteiger partial charge < -0.3 is 14.7 Å². The molecule has 0 bridgehead atoms. The largest absolute Gasteiger partial charge is 0.462 e. The van der Waals surface area contributed by atoms with Gasteiger partial charge in [-0.25, -0.2) is 14.8 Å². The third-order valence-corrected chi connectivity index (χ3v) is 5.40. The molecule has 0 unspecified atom stereocenters. The number of aliphatic hydroxyl groups is 1. The van der Waals surface area contributed by atoms with Crippen LogP contribution >= 0.6 is 11.3 Å². The molecular weight excluding hydrogens is 362 g/mol. The van der Waals surface area contributed by atoms with Crippen LogP contribution in [0.4, 0.5) is 5.82 Å². The van der Waals surface area contributed by atoms with Gasteiger partial charge in [-0.3, -0.25) is 0 Å². The number of carbonyl (C=O) groups is 1. The molecule has 2 aromatic heterocycles. The Kier molecular flexibility index (Phi) is 6.03. The molecule has 3 rings (SSSR count). The third kappa shape index (κ3) is 4.09. The number of fused-ring (bicyclic) bond motifs is 1. The molecule has 0 fully saturated rings. The summed E-state index contributed by atoms with van der Waals surface area (Å²) in [4.78, 5) is 24.8. The van der Waals surface area contributed by atoms with Crippen molar-refractivity contribution in [1.29, 1.82) is 0 Å². The van der Waals surface area contributed by atoms with Gasteiger partial charge in [-0.05, 0) is 31.9 Å². The van der Waals surface area contributed by atoms with Crippen molar-refractivity contribution in [3.8, 4) is 0 Å². The molecule has 0 aliphatic rings. The molecule has 1 aromatic carbocycles. The Morgan fingerprint density at radius 3 is 2.63 bits per heavy atom. The van der Waals surface area contributed by atoms with Crippen LogP contribution in [0.3, 0.4) is 0 Å². The van der Waals surface area contributed by atoms with Crippen LogP contribution in [0.5, 0.6) is 0 Å². The molecule has 7 heteroatoms. The molecule has 0 radical (unpaired) electrons. The Labute approximate surface area is 162 Å². The number of esters is 1. The lowest BCUT2D eigenvalue weighted by atomic mass is 10.1. The third-order valence-electron chi connectivity index (χ3n) is 4.23. The maximum absolute atomic E-state index is 12.3. The highest BCUT2D eigenvalue weighted by molar-refractivity contribution is 7.20. The molecule has 0 saturated heterocycles. The van der Waals surface area contributed by atoms with Gasteiger partial charge >= 0.3 is 5.97 Å². The molecule has 0 aliphatic heterocycles. The molecule has 0 aliphatic carbocycles. The minimum absolute atomic E-state index is 0.00525. The first kappa shape index (κ1) is 19.3. The van der Waals surface area contributed by atoms with Crippen LogP contribution in [0.25, 0.3) is 10.2 Å². The number of aromatic nitrogens is 2. The van der Waals surface area contributed by atoms with E-state index in [0.717, 1.165) is 27.2 Å². The summed E-state index contributed by atoms with van der Waals surface area (Å²) in [5, 5.41) is 10.4. The van der Waals surface area contributed by atoms with Gasteiger partial charge in [-0.2, -0.15) is 0 Å². The zero-order chi connectivity index (χ0) is 19.4. The topological polar surface area (TPSA) is 75.5 Å². The van der Waals surface area contributed by atoms with Gasteiger partial charge in [-0.15, -0.1) is 11.3 Å². The Balaban J connectivity index is 2.11. The minimum atomic E-state index is -0.335. The molecule has 142 valence electrons. The van der Waals surface area contributed by atoms with Crippen molar-refractivity contribution in [2.75, 3.05) is 24.7 Å². The van der Waals surface area contributed by atoms with Crippen molar-refractivity contribution >= 4 is 33.3 Å². The number of anilines is 1. The fourth-order valence-corrected chi connectivity index (χ4v) is 4.14. The average molecular weight is 385 g/mol. The first-order valence-corrected chi connectivity index (χ1v) is 9.71. The van der Waals surface area contributed by atoms with E-state index in [1.54, 1.807) is 6.92 Å². The fraction of sp³-hybridized carbons (Fsp3) is 0.350. The maximum Gasteiger partial charge on any atom is 0.348 e. The minimum Gasteiger partial charge on any atom is -0.462 e. The predicted molar refractivity (Wildman–Crippen MR) is 107 cm³/mol. The van der Waals surface area contributed by atoms with Gasteiger partial charge in [0.25, 0.3) is 0 Å². The van der Waals surface area contributed by atoms with Gasteiger partial charge in [0.15, 0.2) is 0 Å². The standard InChI is InChI=1S/C20H23N3O3S/c1-4-26-20(25)17-13(2)16-18(21-14(3)22-19(16)27-17)23(10-11-24)12-15-8-6-5-7-9-15/h5-9,24H,4,10-12H2,1-3H3. The first-order chi connectivity index (χ1) is 13.0. The van der Waals surface area contributed by atoms with Crippen molar-refractivity contribution in [3.05, 3.63) is 52.2 Å². The van der Waals surface area contributed by atoms with E-state index >= 15 is 0 Å². The monoisotopic (exact) mass is 385 g/mol. The lowest BCUT2D eigenvalue weighted by Crippen LogP contribution is -2.27. The van der Waals surface area contributed by atoms with Crippen LogP contribution in [-0.2, 0) is 11.3 Å². The summed E-state index contributed by atoms with van der Waals surface area (Å²) in [6.45, 7) is 6.90. The number of hydrogen-bond donors (Lipinski definition) is 1. The Morgan fingerprint density at radius 2 is 1.96 bits per heavy atom. The predicted octanol–water partition coefficient (Wildman–Crippen LogP) is 3.48. The summed E-state index contributed by atoms with van der Waals surface area (Å²) in [6, 6.07) is 10.0. The molecule has 0 amide bonds. The van der Waals surface area contributed by atoms with E-state index in [-0.39, 0.29) is 12.6 Å². The van der Waals surface area contributed by atoms with E-state index in [2.05, 4.69) is 9.97 Å². The van der Waals surface area contributed by atoms with E-state index < -0.39 is 0 Å². The summed E-state index contributed by atoms with van der Waals surface area (Å²) in [7, 11) is 0. The first-order valence-electron chi connectivity index (χ1n) is 8.89. The molecule has 6 nitrogen and oxygen atoms in total. The summed E-state index contributed by atoms with van der Waals surface area (Å²) in [5.41, 5.74) is 1.94. The van der Waals surface area contributed by atoms with E-state index in [0.29, 0.717) is 30.4 Å². The zero-order valence-electron chi connectivity index (χ0n) is 15.7. The summed E-state index contributed by atoms with van der Waals surface area (Å²) in [6.07, 6.45) is 0. The van der Waals surface area contributed by atoms with Crippen LogP contribution in [0.15, 0.2) is 30.3 Å². The number of hydrogen-bond acceptors (Lipinski definition) is 7. The molecule has 27 heavy (non-hydrogen) atoms. The van der Waals surface area contributed by atoms with Crippen LogP contribution < -0.4 is 4.90 Å². The number of ether oxygens (including phenoxy) is 1. The van der Waals surface area contributed by atoms with Crippen molar-refractivity contribution in [2.24, 2.45) is 0 Å². The lowest BCUT2D eigenvalue weighted by molar-refractivity contribution is 0.0531. The molecule has 1 N–H and O–H groups in total. The number of aliphatic hydroxyl groups excluding tert-OH is 1. The van der Waals surface area contributed by atoms with Gasteiger partial charge in [0.05, 0.1) is 18.6 Å². The van der Waals surface area contributed by atoms with Crippen LogP contribution in [0, 0.1) is 13.8 Å². The number of benzene rings is 1. The van der Waals surface area contributed by atoms with Gasteiger partial charge in [-0.1, -0.05) is 30.3 Å². The second-order valence-electron chi connectivity index (χ2n) is 6.18. The van der Waals surface area contributed by atoms with Gasteiger partial charge in [0.1, 0.15) is 21.3 Å². The summed E-state index contributed by atoms with van der Waals surface area (Å²) >= 11 is 1.33. The summed E-state index contributed by atoms with van der Waals surface area (Å²) in [5.74, 6) is 1.03. The highest BCUT2D eigenvalue weighted by Gasteiger charge is 2.23. The fourth-order valence-electron chi connectivity index (χ4n) is 3.03. The number of carbonyl (C=O) groups excluding carboxylic acids is 1. The number of aryl methyl sites for hydroxylation is 2. The molecule has 0 spiro atoms. The van der Waals surface area contributed by atoms with E-state index in [1.807, 2.05) is 49.1 Å². The van der Waals surface area contributed by atoms with Crippen LogP contribution in [0.1, 0.15) is 33.5 Å². The normalized spacial score (nSPS) is 11.0. The van der Waals surface area contributed by atoms with E-state index in [9.17, 15) is 9.90 Å². The van der Waals surface area contributed by atoms with Crippen molar-refractivity contribution in [2.45, 2.75) is 27.3 Å². The Hall–Kier alpha value is -2.51. The quantitative estimate of drug-likeness (QED) is 0.628. The highest BCUT2D eigenvalue weighted by atomic mass is 32.1. The lowest BCUT2D eigenvalue weighted by Gasteiger charge is -2.24. The summed E-state index contributed by atoms with van der Waals surface area (Å²) < 4.78 is 5.18. The average Bonchev–Trinajstić information content (AvgIpc) is 2.98. The SMILES string of the molecule is CCOC(=O)c1sc2nc(C)nc(N(CCO)Cc3ccccc3)c2c1C. The van der Waals surface area contributed by atoms with Gasteiger partial charge in [0, 0.05) is 13.1 Å². The van der Waals surface area contributed by atoms with E-state index in [4.69, 9.17) is 4.74 Å². The molecule has 0 atom stereocenters. The molecule has 0 saturated carbocycles. The smallest absolute Gasteiger partial charge is 0.348 e. The number of nitrogens with zero attached hydrogens (tertiary/aromatic N) is 3. The van der Waals surface area contributed by atoms with Crippen LogP contribution in [-0.4, -0.2) is 40.8 Å². The molecule has 2 heterocycles. The highest BCUT2D eigenvalue weighted by Crippen LogP contribution is 2.36. The number of rotatable bonds is 7. The molecular formula is C20H23N3O3S. The van der Waals surface area contributed by atoms with Gasteiger partial charge in [0.2, 0.25) is 0 Å². The van der Waals surface area contributed by atoms with E-state index in [1.165, 1.54) is 11.3 Å². The van der Waals surface area contributed by atoms with Crippen molar-refractivity contribution in [3.63, 3.8) is 0 Å². The number of thiophene rings is 1. The second kappa shape index (κ2) is 8.45. The maximum atomic E-state index is 12.3. The Bertz CT molecular complexity index is 941. The zero-order valence-corrected chi connectivity index (χ0v) is 16.5. The van der Waals surface area contributed by atoms with Crippen molar-refractivity contribution in [1.82, 2.24) is 9.97 Å². The second-order valence-corrected chi connectivity index (χ2v) is 7.18. The molecule has 3 aromatic rings. The van der Waals surface area contributed by atoms with Crippen LogP contribution in [0.2, 0.25) is 0 Å².